The molecule has 5 nitrogen and oxygen atoms in total. The molecule has 6 rings (SSSR count). The summed E-state index contributed by atoms with van der Waals surface area (Å²) in [4.78, 5) is 6.84. The summed E-state index contributed by atoms with van der Waals surface area (Å²) in [5, 5.41) is 21.7. The van der Waals surface area contributed by atoms with Crippen molar-refractivity contribution in [2.24, 2.45) is 0 Å². The molecule has 1 N–H and O–H groups in total. The summed E-state index contributed by atoms with van der Waals surface area (Å²) in [6.07, 6.45) is -0.676. The number of aromatic nitrogens is 2. The van der Waals surface area contributed by atoms with Crippen LogP contribution in [0.15, 0.2) is 116 Å². The molecule has 1 heterocycles. The molecular formula is C39H37F3N4O. The van der Waals surface area contributed by atoms with Gasteiger partial charge in [0.15, 0.2) is 0 Å². The molecular weight excluding hydrogens is 597 g/mol. The fraction of sp³-hybridized carbons (Fsp3) is 0.282. The molecule has 0 amide bonds. The van der Waals surface area contributed by atoms with Crippen LogP contribution in [0, 0.1) is 18.3 Å². The van der Waals surface area contributed by atoms with Crippen molar-refractivity contribution in [2.45, 2.75) is 62.9 Å². The van der Waals surface area contributed by atoms with Gasteiger partial charge in [-0.2, -0.15) is 18.4 Å². The van der Waals surface area contributed by atoms with Crippen molar-refractivity contribution in [3.05, 3.63) is 155 Å². The lowest BCUT2D eigenvalue weighted by Crippen LogP contribution is -2.45. The van der Waals surface area contributed by atoms with Crippen LogP contribution in [0.25, 0.3) is 0 Å². The number of hydrogen-bond acceptors (Lipinski definition) is 4. The van der Waals surface area contributed by atoms with E-state index in [0.717, 1.165) is 28.5 Å². The molecule has 1 fully saturated rings. The summed E-state index contributed by atoms with van der Waals surface area (Å²) in [7, 11) is 0. The highest BCUT2D eigenvalue weighted by Gasteiger charge is 2.45. The van der Waals surface area contributed by atoms with Crippen LogP contribution in [0.5, 0.6) is 0 Å². The summed E-state index contributed by atoms with van der Waals surface area (Å²) in [6.45, 7) is 4.32. The first-order valence-corrected chi connectivity index (χ1v) is 16.0. The summed E-state index contributed by atoms with van der Waals surface area (Å²) >= 11 is 0. The molecule has 4 aromatic carbocycles. The monoisotopic (exact) mass is 634 g/mol. The molecule has 2 unspecified atom stereocenters. The van der Waals surface area contributed by atoms with Crippen molar-refractivity contribution in [1.82, 2.24) is 9.55 Å². The van der Waals surface area contributed by atoms with E-state index in [1.54, 1.807) is 12.1 Å². The normalized spacial score (nSPS) is 18.4. The highest BCUT2D eigenvalue weighted by atomic mass is 19.4. The Labute approximate surface area is 273 Å². The first-order chi connectivity index (χ1) is 22.6. The van der Waals surface area contributed by atoms with Gasteiger partial charge in [-0.25, -0.2) is 4.98 Å². The van der Waals surface area contributed by atoms with Crippen LogP contribution in [-0.2, 0) is 17.3 Å². The van der Waals surface area contributed by atoms with E-state index < -0.39 is 28.4 Å². The molecule has 0 saturated heterocycles. The molecule has 240 valence electrons. The molecule has 1 aliphatic carbocycles. The fourth-order valence-electron chi connectivity index (χ4n) is 7.56. The van der Waals surface area contributed by atoms with E-state index in [1.165, 1.54) is 6.07 Å². The Morgan fingerprint density at radius 2 is 1.47 bits per heavy atom. The number of hydrogen-bond donors (Lipinski definition) is 1. The van der Waals surface area contributed by atoms with Gasteiger partial charge in [-0.3, -0.25) is 0 Å². The lowest BCUT2D eigenvalue weighted by atomic mass is 9.75. The molecule has 0 aliphatic heterocycles. The number of nitriles is 1. The number of halogens is 3. The first kappa shape index (κ1) is 32.1. The number of anilines is 1. The minimum absolute atomic E-state index is 0.237. The number of nitrogens with zero attached hydrogens (tertiary/aromatic N) is 4. The van der Waals surface area contributed by atoms with Gasteiger partial charge in [0.2, 0.25) is 0 Å². The second-order valence-electron chi connectivity index (χ2n) is 12.3. The third-order valence-corrected chi connectivity index (χ3v) is 9.63. The molecule has 5 aromatic rings. The Balaban J connectivity index is 1.45. The fourth-order valence-corrected chi connectivity index (χ4v) is 7.56. The van der Waals surface area contributed by atoms with Crippen LogP contribution >= 0.6 is 0 Å². The van der Waals surface area contributed by atoms with Crippen molar-refractivity contribution < 1.29 is 18.3 Å². The van der Waals surface area contributed by atoms with Gasteiger partial charge >= 0.3 is 6.18 Å². The highest BCUT2D eigenvalue weighted by Crippen LogP contribution is 2.46. The molecule has 0 radical (unpaired) electrons. The highest BCUT2D eigenvalue weighted by molar-refractivity contribution is 5.56. The van der Waals surface area contributed by atoms with Gasteiger partial charge in [0.1, 0.15) is 11.1 Å². The van der Waals surface area contributed by atoms with Gasteiger partial charge < -0.3 is 14.6 Å². The van der Waals surface area contributed by atoms with E-state index in [-0.39, 0.29) is 6.04 Å². The molecule has 0 spiro atoms. The lowest BCUT2D eigenvalue weighted by molar-refractivity contribution is -0.137. The van der Waals surface area contributed by atoms with Crippen molar-refractivity contribution in [2.75, 3.05) is 11.4 Å². The third-order valence-electron chi connectivity index (χ3n) is 9.63. The molecule has 1 aromatic heterocycles. The zero-order valence-electron chi connectivity index (χ0n) is 26.5. The van der Waals surface area contributed by atoms with E-state index in [1.807, 2.05) is 79.7 Å². The molecule has 2 atom stereocenters. The minimum atomic E-state index is -4.65. The Kier molecular flexibility index (Phi) is 8.69. The van der Waals surface area contributed by atoms with Crippen LogP contribution in [0.1, 0.15) is 71.8 Å². The minimum Gasteiger partial charge on any atom is -0.383 e. The van der Waals surface area contributed by atoms with Gasteiger partial charge in [0.05, 0.1) is 29.2 Å². The molecule has 8 heteroatoms. The van der Waals surface area contributed by atoms with Crippen LogP contribution in [0.4, 0.5) is 18.9 Å². The van der Waals surface area contributed by atoms with Gasteiger partial charge in [-0.1, -0.05) is 91.0 Å². The van der Waals surface area contributed by atoms with Crippen molar-refractivity contribution in [3.8, 4) is 6.07 Å². The van der Waals surface area contributed by atoms with Gasteiger partial charge in [-0.15, -0.1) is 0 Å². The van der Waals surface area contributed by atoms with E-state index in [0.29, 0.717) is 43.6 Å². The summed E-state index contributed by atoms with van der Waals surface area (Å²) in [5.74, 6) is 0. The van der Waals surface area contributed by atoms with Gasteiger partial charge in [0.25, 0.3) is 0 Å². The van der Waals surface area contributed by atoms with Crippen molar-refractivity contribution in [3.63, 3.8) is 0 Å². The number of alkyl halides is 3. The summed E-state index contributed by atoms with van der Waals surface area (Å²) < 4.78 is 43.7. The smallest absolute Gasteiger partial charge is 0.383 e. The second-order valence-corrected chi connectivity index (χ2v) is 12.3. The zero-order valence-corrected chi connectivity index (χ0v) is 26.5. The second kappa shape index (κ2) is 12.7. The summed E-state index contributed by atoms with van der Waals surface area (Å²) in [6, 6.07) is 36.1. The number of imidazole rings is 1. The number of rotatable bonds is 8. The largest absolute Gasteiger partial charge is 0.417 e. The van der Waals surface area contributed by atoms with Crippen molar-refractivity contribution in [1.29, 1.82) is 5.26 Å². The SMILES string of the molecule is CCN(c1ccc(C#N)c(C(F)(F)F)c1)C1CCCC(O)(c2ncn(C(c3ccccc3)(c3ccccc3)c3ccccc3)c2C)C1. The standard InChI is InChI=1S/C39H37F3N4O/c1-3-45(33-22-21-29(26-43)35(24-33)39(40,41)42)34-20-13-23-37(47,25-34)36-28(2)46(27-44-36)38(30-14-7-4-8-15-30,31-16-9-5-10-17-31)32-18-11-6-12-19-32/h4-12,14-19,21-22,24,27,34,47H,3,13,20,23,25H2,1-2H3. The van der Waals surface area contributed by atoms with Crippen LogP contribution in [0.3, 0.4) is 0 Å². The average molecular weight is 635 g/mol. The Morgan fingerprint density at radius 1 is 0.915 bits per heavy atom. The maximum atomic E-state index is 13.9. The lowest BCUT2D eigenvalue weighted by Gasteiger charge is -2.43. The third kappa shape index (κ3) is 5.70. The van der Waals surface area contributed by atoms with Crippen molar-refractivity contribution >= 4 is 5.69 Å². The summed E-state index contributed by atoms with van der Waals surface area (Å²) in [5.41, 5.74) is 1.42. The van der Waals surface area contributed by atoms with E-state index in [2.05, 4.69) is 41.0 Å². The number of benzene rings is 4. The molecule has 47 heavy (non-hydrogen) atoms. The molecule has 1 aliphatic rings. The van der Waals surface area contributed by atoms with Crippen LogP contribution in [0.2, 0.25) is 0 Å². The van der Waals surface area contributed by atoms with Crippen LogP contribution in [-0.4, -0.2) is 27.2 Å². The van der Waals surface area contributed by atoms with Gasteiger partial charge in [0, 0.05) is 30.4 Å². The van der Waals surface area contributed by atoms with Crippen LogP contribution < -0.4 is 4.90 Å². The Bertz CT molecular complexity index is 1770. The maximum Gasteiger partial charge on any atom is 0.417 e. The Hall–Kier alpha value is -4.87. The quantitative estimate of drug-likeness (QED) is 0.174. The van der Waals surface area contributed by atoms with Gasteiger partial charge in [-0.05, 0) is 68.0 Å². The number of aliphatic hydroxyl groups is 1. The predicted molar refractivity (Wildman–Crippen MR) is 177 cm³/mol. The Morgan fingerprint density at radius 3 is 1.96 bits per heavy atom. The maximum absolute atomic E-state index is 13.9. The first-order valence-electron chi connectivity index (χ1n) is 16.0. The molecule has 0 bridgehead atoms. The van der Waals surface area contributed by atoms with E-state index in [4.69, 9.17) is 4.98 Å². The predicted octanol–water partition coefficient (Wildman–Crippen LogP) is 8.58. The van der Waals surface area contributed by atoms with E-state index >= 15 is 0 Å². The van der Waals surface area contributed by atoms with E-state index in [9.17, 15) is 23.5 Å². The zero-order chi connectivity index (χ0) is 33.2. The average Bonchev–Trinajstić information content (AvgIpc) is 3.49. The topological polar surface area (TPSA) is 65.1 Å². The molecule has 1 saturated carbocycles.